The van der Waals surface area contributed by atoms with E-state index in [4.69, 9.17) is 19.9 Å². The second-order valence-electron chi connectivity index (χ2n) is 26.0. The first-order chi connectivity index (χ1) is 52.0. The van der Waals surface area contributed by atoms with Crippen LogP contribution in [0.25, 0.3) is 166 Å². The van der Waals surface area contributed by atoms with Gasteiger partial charge in [0, 0.05) is 82.3 Å². The highest BCUT2D eigenvalue weighted by molar-refractivity contribution is 6.16. The number of fused-ring (bicyclic) bond motifs is 12. The number of benzene rings is 12. The molecule has 0 N–H and O–H groups in total. The lowest BCUT2D eigenvalue weighted by atomic mass is 9.96. The van der Waals surface area contributed by atoms with Gasteiger partial charge in [-0.1, -0.05) is 103 Å². The first-order valence-electron chi connectivity index (χ1n) is 33.7. The first kappa shape index (κ1) is 62.2. The molecule has 0 saturated heterocycles. The predicted octanol–water partition coefficient (Wildman–Crippen LogP) is 19.6. The summed E-state index contributed by atoms with van der Waals surface area (Å²) in [6.07, 6.45) is 0. The predicted molar refractivity (Wildman–Crippen MR) is 409 cm³/mol. The normalized spacial score (nSPS) is 11.2. The molecule has 0 saturated carbocycles. The molecule has 0 amide bonds. The Labute approximate surface area is 604 Å². The van der Waals surface area contributed by atoms with Crippen molar-refractivity contribution in [2.24, 2.45) is 0 Å². The summed E-state index contributed by atoms with van der Waals surface area (Å²) in [6.45, 7) is 3.76. The van der Waals surface area contributed by atoms with E-state index < -0.39 is 0 Å². The summed E-state index contributed by atoms with van der Waals surface area (Å²) in [5, 5.41) is 92.9. The van der Waals surface area contributed by atoms with Crippen molar-refractivity contribution in [1.29, 1.82) is 42.1 Å². The van der Waals surface area contributed by atoms with Crippen LogP contribution in [0, 0.1) is 104 Å². The Hall–Kier alpha value is -16.1. The van der Waals surface area contributed by atoms with Crippen LogP contribution >= 0.6 is 0 Å². The maximum absolute atomic E-state index is 11.7. The molecule has 18 aromatic rings. The quantitative estimate of drug-likeness (QED) is 0.131. The number of nitriles is 8. The van der Waals surface area contributed by atoms with E-state index in [1.807, 2.05) is 216 Å². The van der Waals surface area contributed by atoms with Crippen molar-refractivity contribution in [2.75, 3.05) is 0 Å². The van der Waals surface area contributed by atoms with E-state index in [0.717, 1.165) is 49.1 Å². The Morgan fingerprint density at radius 3 is 1.10 bits per heavy atom. The maximum Gasteiger partial charge on any atom is 0.162 e. The number of rotatable bonds is 9. The second-order valence-corrected chi connectivity index (χ2v) is 26.0. The molecule has 12 aromatic carbocycles. The van der Waals surface area contributed by atoms with Crippen LogP contribution in [0.5, 0.6) is 0 Å². The van der Waals surface area contributed by atoms with E-state index in [9.17, 15) is 42.1 Å². The summed E-state index contributed by atoms with van der Waals surface area (Å²) < 4.78 is 8.00. The monoisotopic (exact) mass is 1350 g/mol. The number of hydrogen-bond donors (Lipinski definition) is 0. The van der Waals surface area contributed by atoms with Gasteiger partial charge in [0.2, 0.25) is 0 Å². The minimum absolute atomic E-state index is 0.221. The smallest absolute Gasteiger partial charge is 0.162 e. The van der Waals surface area contributed by atoms with Crippen LogP contribution in [0.15, 0.2) is 243 Å². The summed E-state index contributed by atoms with van der Waals surface area (Å²) in [5.74, 6) is 0.712. The molecule has 0 fully saturated rings. The molecule has 0 spiro atoms. The molecule has 0 unspecified atom stereocenters. The molecule has 486 valence electrons. The third-order valence-corrected chi connectivity index (χ3v) is 19.9. The minimum atomic E-state index is 0.221. The zero-order valence-corrected chi connectivity index (χ0v) is 56.2. The van der Waals surface area contributed by atoms with Crippen molar-refractivity contribution in [3.8, 4) is 128 Å². The zero-order valence-electron chi connectivity index (χ0n) is 56.2. The standard InChI is InChI=1S/C90H46N16/c1-51-29-52(2)100-89(99-51)73-40-82(105-83-32-55(45-93)17-23-65(83)66-24-18-56(46-94)33-84(66)105)63(50-98)38-88(73)106-85-34-57(47-95)19-25-67(85)72-39-68(61(48-96)36-86(72)106)60-22-28-80-71(35-60)70-31-54(44-92)21-27-79(70)103(80)81-41-74(90-101-75(58-11-5-3-6-12-58)42-76(102-90)59-13-7-4-8-14-59)87(37-62(81)49-97)104-77-16-10-9-15-64(77)69-30-53(43-91)20-26-78(69)104/h3-42H,1-2H3. The summed E-state index contributed by atoms with van der Waals surface area (Å²) in [7, 11) is 0. The second kappa shape index (κ2) is 24.4. The highest BCUT2D eigenvalue weighted by Crippen LogP contribution is 2.46. The van der Waals surface area contributed by atoms with Crippen molar-refractivity contribution in [3.63, 3.8) is 0 Å². The van der Waals surface area contributed by atoms with Gasteiger partial charge < -0.3 is 18.3 Å². The topological polar surface area (TPSA) is 262 Å². The molecule has 16 heteroatoms. The van der Waals surface area contributed by atoms with Gasteiger partial charge in [-0.15, -0.1) is 0 Å². The largest absolute Gasteiger partial charge is 0.308 e. The van der Waals surface area contributed by atoms with Crippen LogP contribution in [-0.4, -0.2) is 38.2 Å². The van der Waals surface area contributed by atoms with Gasteiger partial charge in [0.15, 0.2) is 11.6 Å². The SMILES string of the molecule is Cc1cc(C)nc(-c2cc(-n3c4cc(C#N)ccc4c4ccc(C#N)cc43)c(C#N)cc2-n2c3cc(C#N)ccc3c3cc(-c4ccc5c(c4)c4cc(C#N)ccc4n5-c4cc(-c5nc(-c6ccccc6)cc(-c6ccccc6)n5)c(-n5c6ccccc6c6cc(C#N)ccc65)cc4C#N)c(C#N)cc32)n1. The summed E-state index contributed by atoms with van der Waals surface area (Å²) in [5.41, 5.74) is 17.1. The number of nitrogens with zero attached hydrogens (tertiary/aromatic N) is 16. The third kappa shape index (κ3) is 9.76. The van der Waals surface area contributed by atoms with Gasteiger partial charge in [-0.2, -0.15) is 42.1 Å². The average Bonchev–Trinajstić information content (AvgIpc) is 1.54. The fourth-order valence-corrected chi connectivity index (χ4v) is 15.3. The molecular weight excluding hydrogens is 1310 g/mol. The van der Waals surface area contributed by atoms with Gasteiger partial charge in [0.1, 0.15) is 12.1 Å². The van der Waals surface area contributed by atoms with Crippen LogP contribution in [0.1, 0.15) is 55.9 Å². The van der Waals surface area contributed by atoms with Crippen LogP contribution in [-0.2, 0) is 0 Å². The van der Waals surface area contributed by atoms with Gasteiger partial charge in [0.25, 0.3) is 0 Å². The molecule has 0 aliphatic heterocycles. The van der Waals surface area contributed by atoms with Crippen LogP contribution in [0.3, 0.4) is 0 Å². The fraction of sp³-hybridized carbons (Fsp3) is 0.0222. The first-order valence-corrected chi connectivity index (χ1v) is 33.7. The van der Waals surface area contributed by atoms with Gasteiger partial charge in [-0.25, -0.2) is 19.9 Å². The van der Waals surface area contributed by atoms with Crippen molar-refractivity contribution < 1.29 is 0 Å². The summed E-state index contributed by atoms with van der Waals surface area (Å²) in [4.78, 5) is 20.9. The van der Waals surface area contributed by atoms with Crippen molar-refractivity contribution in [3.05, 3.63) is 299 Å². The number of aromatic nitrogens is 8. The number of hydrogen-bond acceptors (Lipinski definition) is 12. The molecule has 0 aliphatic rings. The lowest BCUT2D eigenvalue weighted by molar-refractivity contribution is 1.05. The van der Waals surface area contributed by atoms with E-state index in [-0.39, 0.29) is 5.56 Å². The molecule has 18 rings (SSSR count). The molecule has 0 atom stereocenters. The van der Waals surface area contributed by atoms with Gasteiger partial charge in [0.05, 0.1) is 159 Å². The van der Waals surface area contributed by atoms with Crippen molar-refractivity contribution in [1.82, 2.24) is 38.2 Å². The van der Waals surface area contributed by atoms with Crippen LogP contribution in [0.4, 0.5) is 0 Å². The summed E-state index contributed by atoms with van der Waals surface area (Å²) >= 11 is 0. The third-order valence-electron chi connectivity index (χ3n) is 19.9. The van der Waals surface area contributed by atoms with E-state index >= 15 is 0 Å². The Bertz CT molecular complexity index is 7180. The van der Waals surface area contributed by atoms with Crippen LogP contribution in [0.2, 0.25) is 0 Å². The number of para-hydroxylation sites is 1. The molecule has 0 aliphatic carbocycles. The highest BCUT2D eigenvalue weighted by atomic mass is 15.0. The van der Waals surface area contributed by atoms with Crippen molar-refractivity contribution in [2.45, 2.75) is 13.8 Å². The van der Waals surface area contributed by atoms with E-state index in [1.165, 1.54) is 0 Å². The molecule has 106 heavy (non-hydrogen) atoms. The van der Waals surface area contributed by atoms with Gasteiger partial charge in [-0.3, -0.25) is 0 Å². The summed E-state index contributed by atoms with van der Waals surface area (Å²) in [6, 6.07) is 95.3. The molecule has 0 radical (unpaired) electrons. The Balaban J connectivity index is 0.875. The lowest BCUT2D eigenvalue weighted by Gasteiger charge is -2.19. The Kier molecular flexibility index (Phi) is 14.3. The van der Waals surface area contributed by atoms with E-state index in [0.29, 0.717) is 168 Å². The van der Waals surface area contributed by atoms with E-state index in [2.05, 4.69) is 53.1 Å². The molecule has 6 aromatic heterocycles. The Morgan fingerprint density at radius 2 is 0.604 bits per heavy atom. The molecule has 16 nitrogen and oxygen atoms in total. The lowest BCUT2D eigenvalue weighted by Crippen LogP contribution is -2.06. The van der Waals surface area contributed by atoms with Crippen molar-refractivity contribution >= 4 is 87.2 Å². The Morgan fingerprint density at radius 1 is 0.236 bits per heavy atom. The van der Waals surface area contributed by atoms with Crippen LogP contribution < -0.4 is 0 Å². The zero-order chi connectivity index (χ0) is 72.2. The van der Waals surface area contributed by atoms with Gasteiger partial charge >= 0.3 is 0 Å². The highest BCUT2D eigenvalue weighted by Gasteiger charge is 2.28. The molecule has 6 heterocycles. The average molecular weight is 1350 g/mol. The number of aryl methyl sites for hydroxylation is 2. The van der Waals surface area contributed by atoms with E-state index in [1.54, 1.807) is 54.6 Å². The fourth-order valence-electron chi connectivity index (χ4n) is 15.3. The maximum atomic E-state index is 11.7. The van der Waals surface area contributed by atoms with Gasteiger partial charge in [-0.05, 0) is 159 Å². The molecule has 0 bridgehead atoms. The minimum Gasteiger partial charge on any atom is -0.308 e. The molecular formula is C90H46N16.